The topological polar surface area (TPSA) is 128 Å². The maximum atomic E-state index is 13.2. The Morgan fingerprint density at radius 1 is 1.21 bits per heavy atom. The zero-order valence-corrected chi connectivity index (χ0v) is 22.2. The van der Waals surface area contributed by atoms with Crippen LogP contribution in [0.5, 0.6) is 0 Å². The number of amides is 3. The first kappa shape index (κ1) is 28.0. The molecule has 0 spiro atoms. The minimum atomic E-state index is -1.93. The van der Waals surface area contributed by atoms with E-state index in [0.717, 1.165) is 5.56 Å². The molecular weight excluding hydrogens is 502 g/mol. The van der Waals surface area contributed by atoms with E-state index in [2.05, 4.69) is 0 Å². The first-order valence-corrected chi connectivity index (χ1v) is 12.8. The predicted molar refractivity (Wildman–Crippen MR) is 143 cm³/mol. The number of carbonyl (C=O) groups excluding carboxylic acids is 4. The van der Waals surface area contributed by atoms with E-state index in [9.17, 15) is 29.4 Å². The second-order valence-corrected chi connectivity index (χ2v) is 9.81. The van der Waals surface area contributed by atoms with E-state index in [1.165, 1.54) is 16.7 Å². The molecule has 2 aromatic rings. The number of nitrogens with zero attached hydrogens (tertiary/aromatic N) is 3. The van der Waals surface area contributed by atoms with Crippen molar-refractivity contribution in [2.24, 2.45) is 5.92 Å². The van der Waals surface area contributed by atoms with Gasteiger partial charge in [-0.1, -0.05) is 49.4 Å². The zero-order chi connectivity index (χ0) is 28.3. The number of benzene rings is 2. The van der Waals surface area contributed by atoms with Crippen LogP contribution in [0, 0.1) is 5.92 Å². The third-order valence-corrected chi connectivity index (χ3v) is 7.18. The van der Waals surface area contributed by atoms with Gasteiger partial charge in [0.15, 0.2) is 11.8 Å². The molecule has 0 bridgehead atoms. The Labute approximate surface area is 227 Å². The molecule has 2 heterocycles. The quantitative estimate of drug-likeness (QED) is 0.271. The van der Waals surface area contributed by atoms with E-state index in [1.807, 2.05) is 30.3 Å². The molecule has 10 heteroatoms. The molecule has 2 aliphatic heterocycles. The largest absolute Gasteiger partial charge is 0.441 e. The van der Waals surface area contributed by atoms with E-state index < -0.39 is 29.6 Å². The number of anilines is 2. The van der Waals surface area contributed by atoms with Crippen LogP contribution in [0.3, 0.4) is 0 Å². The van der Waals surface area contributed by atoms with Gasteiger partial charge in [0.2, 0.25) is 11.8 Å². The van der Waals surface area contributed by atoms with Gasteiger partial charge in [-0.2, -0.15) is 0 Å². The van der Waals surface area contributed by atoms with Crippen molar-refractivity contribution in [3.63, 3.8) is 0 Å². The smallest absolute Gasteiger partial charge is 0.304 e. The van der Waals surface area contributed by atoms with Gasteiger partial charge >= 0.3 is 5.97 Å². The summed E-state index contributed by atoms with van der Waals surface area (Å²) in [7, 11) is 1.56. The second kappa shape index (κ2) is 11.4. The lowest BCUT2D eigenvalue weighted by Gasteiger charge is -2.39. The van der Waals surface area contributed by atoms with Crippen molar-refractivity contribution in [1.82, 2.24) is 4.90 Å². The summed E-state index contributed by atoms with van der Waals surface area (Å²) < 4.78 is 5.20. The van der Waals surface area contributed by atoms with Crippen LogP contribution < -0.4 is 9.80 Å². The molecule has 206 valence electrons. The number of ether oxygens (including phenoxy) is 1. The molecule has 2 aromatic carbocycles. The molecule has 1 saturated heterocycles. The normalized spacial score (nSPS) is 21.1. The van der Waals surface area contributed by atoms with Crippen molar-refractivity contribution in [2.75, 3.05) is 30.0 Å². The van der Waals surface area contributed by atoms with Crippen molar-refractivity contribution < 1.29 is 34.1 Å². The summed E-state index contributed by atoms with van der Waals surface area (Å²) >= 11 is 0. The summed E-state index contributed by atoms with van der Waals surface area (Å²) in [5.41, 5.74) is 0.235. The minimum absolute atomic E-state index is 0.0243. The summed E-state index contributed by atoms with van der Waals surface area (Å²) in [6, 6.07) is 14.3. The number of likely N-dealkylation sites (N-methyl/N-ethyl adjacent to an activating group) is 1. The van der Waals surface area contributed by atoms with Gasteiger partial charge in [0.25, 0.3) is 5.91 Å². The van der Waals surface area contributed by atoms with Crippen LogP contribution in [0.25, 0.3) is 0 Å². The lowest BCUT2D eigenvalue weighted by Crippen LogP contribution is -2.55. The average molecular weight is 536 g/mol. The summed E-state index contributed by atoms with van der Waals surface area (Å²) in [6.07, 6.45) is 2.59. The molecule has 0 radical (unpaired) electrons. The van der Waals surface area contributed by atoms with Crippen LogP contribution >= 0.6 is 0 Å². The fourth-order valence-corrected chi connectivity index (χ4v) is 5.03. The second-order valence-electron chi connectivity index (χ2n) is 9.81. The van der Waals surface area contributed by atoms with E-state index in [4.69, 9.17) is 4.74 Å². The SMILES string of the molecule is CC(=O)OC1CC(=O)N1c1ccc2c(c1)[C@@](O)([C@H](C)/C=C/CC(=O)N(CCO)Cc1ccccc1)C(=O)N2C. The Kier molecular flexibility index (Phi) is 8.17. The average Bonchev–Trinajstić information content (AvgIpc) is 3.09. The van der Waals surface area contributed by atoms with Gasteiger partial charge in [-0.05, 0) is 23.8 Å². The fraction of sp³-hybridized carbons (Fsp3) is 0.379. The number of esters is 1. The van der Waals surface area contributed by atoms with Crippen LogP contribution in [-0.4, -0.2) is 65.2 Å². The Balaban J connectivity index is 1.52. The number of fused-ring (bicyclic) bond motifs is 1. The lowest BCUT2D eigenvalue weighted by molar-refractivity contribution is -0.154. The number of aliphatic hydroxyl groups excluding tert-OH is 1. The lowest BCUT2D eigenvalue weighted by atomic mass is 9.82. The molecule has 2 aliphatic rings. The molecule has 4 rings (SSSR count). The number of carbonyl (C=O) groups is 4. The molecule has 3 amide bonds. The van der Waals surface area contributed by atoms with E-state index in [0.29, 0.717) is 23.5 Å². The molecule has 2 N–H and O–H groups in total. The van der Waals surface area contributed by atoms with Gasteiger partial charge in [-0.3, -0.25) is 24.1 Å². The Morgan fingerprint density at radius 3 is 2.56 bits per heavy atom. The molecule has 3 atom stereocenters. The first-order valence-electron chi connectivity index (χ1n) is 12.8. The van der Waals surface area contributed by atoms with Crippen LogP contribution in [0.4, 0.5) is 11.4 Å². The van der Waals surface area contributed by atoms with Gasteiger partial charge in [-0.15, -0.1) is 0 Å². The van der Waals surface area contributed by atoms with Crippen molar-refractivity contribution in [3.8, 4) is 0 Å². The highest BCUT2D eigenvalue weighted by atomic mass is 16.6. The zero-order valence-electron chi connectivity index (χ0n) is 22.2. The molecule has 1 fully saturated rings. The summed E-state index contributed by atoms with van der Waals surface area (Å²) in [6.45, 7) is 3.32. The number of aliphatic hydroxyl groups is 2. The van der Waals surface area contributed by atoms with Crippen LogP contribution in [0.15, 0.2) is 60.7 Å². The summed E-state index contributed by atoms with van der Waals surface area (Å²) in [5.74, 6) is -2.20. The maximum Gasteiger partial charge on any atom is 0.304 e. The minimum Gasteiger partial charge on any atom is -0.441 e. The Hall–Kier alpha value is -4.02. The number of hydrogen-bond donors (Lipinski definition) is 2. The molecule has 10 nitrogen and oxygen atoms in total. The van der Waals surface area contributed by atoms with Crippen molar-refractivity contribution >= 4 is 35.1 Å². The summed E-state index contributed by atoms with van der Waals surface area (Å²) in [5, 5.41) is 21.1. The van der Waals surface area contributed by atoms with Crippen LogP contribution in [0.1, 0.15) is 37.8 Å². The third-order valence-electron chi connectivity index (χ3n) is 7.18. The highest BCUT2D eigenvalue weighted by Gasteiger charge is 2.52. The fourth-order valence-electron chi connectivity index (χ4n) is 5.03. The van der Waals surface area contributed by atoms with Gasteiger partial charge in [-0.25, -0.2) is 0 Å². The molecule has 0 aromatic heterocycles. The third kappa shape index (κ3) is 5.43. The standard InChI is InChI=1S/C29H33N3O7/c1-19(8-7-11-25(35)31(14-15-33)18-21-9-5-4-6-10-21)29(38)23-16-22(12-13-24(23)30(3)28(29)37)32-26(36)17-27(32)39-20(2)34/h4-10,12-13,16,19,27,33,38H,11,14-15,17-18H2,1-3H3/b8-7+/t19-,27?,29+/m1/s1. The molecule has 39 heavy (non-hydrogen) atoms. The van der Waals surface area contributed by atoms with Crippen molar-refractivity contribution in [1.29, 1.82) is 0 Å². The highest BCUT2D eigenvalue weighted by Crippen LogP contribution is 2.46. The Bertz CT molecular complexity index is 1300. The molecule has 1 unspecified atom stereocenters. The first-order chi connectivity index (χ1) is 18.6. The van der Waals surface area contributed by atoms with Crippen LogP contribution in [-0.2, 0) is 36.1 Å². The number of β-lactam (4-membered cyclic amide) rings is 1. The Morgan fingerprint density at radius 2 is 1.92 bits per heavy atom. The summed E-state index contributed by atoms with van der Waals surface area (Å²) in [4.78, 5) is 54.1. The highest BCUT2D eigenvalue weighted by molar-refractivity contribution is 6.08. The molecular formula is C29H33N3O7. The number of rotatable bonds is 10. The van der Waals surface area contributed by atoms with Gasteiger partial charge in [0, 0.05) is 50.7 Å². The van der Waals surface area contributed by atoms with Crippen molar-refractivity contribution in [2.45, 2.75) is 45.1 Å². The van der Waals surface area contributed by atoms with E-state index >= 15 is 0 Å². The molecule has 0 saturated carbocycles. The van der Waals surface area contributed by atoms with E-state index in [-0.39, 0.29) is 37.8 Å². The van der Waals surface area contributed by atoms with Gasteiger partial charge in [0.05, 0.1) is 18.7 Å². The van der Waals surface area contributed by atoms with Gasteiger partial charge in [0.1, 0.15) is 0 Å². The van der Waals surface area contributed by atoms with Crippen LogP contribution in [0.2, 0.25) is 0 Å². The van der Waals surface area contributed by atoms with Crippen molar-refractivity contribution in [3.05, 3.63) is 71.8 Å². The number of hydrogen-bond acceptors (Lipinski definition) is 7. The monoisotopic (exact) mass is 535 g/mol. The van der Waals surface area contributed by atoms with E-state index in [1.54, 1.807) is 49.2 Å². The molecule has 0 aliphatic carbocycles. The maximum absolute atomic E-state index is 13.2. The van der Waals surface area contributed by atoms with Gasteiger partial charge < -0.3 is 24.7 Å². The predicted octanol–water partition coefficient (Wildman–Crippen LogP) is 2.08.